The van der Waals surface area contributed by atoms with Crippen molar-refractivity contribution in [3.63, 3.8) is 0 Å². The second-order valence-corrected chi connectivity index (χ2v) is 5.83. The Kier molecular flexibility index (Phi) is 3.46. The van der Waals surface area contributed by atoms with Gasteiger partial charge in [-0.15, -0.1) is 0 Å². The van der Waals surface area contributed by atoms with Crippen LogP contribution in [0.25, 0.3) is 0 Å². The molecule has 17 heavy (non-hydrogen) atoms. The summed E-state index contributed by atoms with van der Waals surface area (Å²) in [5.41, 5.74) is 1.42. The summed E-state index contributed by atoms with van der Waals surface area (Å²) in [5.74, 6) is 2.13. The smallest absolute Gasteiger partial charge is 0.0208 e. The van der Waals surface area contributed by atoms with Crippen molar-refractivity contribution in [3.05, 3.63) is 35.9 Å². The lowest BCUT2D eigenvalue weighted by Gasteiger charge is -2.30. The average molecular weight is 229 g/mol. The fourth-order valence-corrected chi connectivity index (χ4v) is 3.27. The molecule has 1 aromatic rings. The van der Waals surface area contributed by atoms with Crippen LogP contribution in [0.5, 0.6) is 0 Å². The van der Waals surface area contributed by atoms with E-state index in [9.17, 15) is 0 Å². The number of hydrogen-bond acceptors (Lipinski definition) is 1. The number of benzene rings is 1. The van der Waals surface area contributed by atoms with Gasteiger partial charge >= 0.3 is 0 Å². The largest absolute Gasteiger partial charge is 0.310 e. The number of rotatable bonds is 4. The quantitative estimate of drug-likeness (QED) is 0.829. The number of hydrogen-bond donors (Lipinski definition) is 1. The average Bonchev–Trinajstić information content (AvgIpc) is 3.22. The SMILES string of the molecule is c1ccc(CNC2CCCC(C3CC3)C2)cc1. The van der Waals surface area contributed by atoms with E-state index >= 15 is 0 Å². The fraction of sp³-hybridized carbons (Fsp3) is 0.625. The predicted octanol–water partition coefficient (Wildman–Crippen LogP) is 3.75. The molecular formula is C16H23N. The van der Waals surface area contributed by atoms with Gasteiger partial charge in [0.25, 0.3) is 0 Å². The van der Waals surface area contributed by atoms with Crippen molar-refractivity contribution in [2.24, 2.45) is 11.8 Å². The number of nitrogens with one attached hydrogen (secondary N) is 1. The standard InChI is InChI=1S/C16H23N/c1-2-5-13(6-3-1)12-17-16-8-4-7-15(11-16)14-9-10-14/h1-3,5-6,14-17H,4,7-12H2. The molecule has 2 aliphatic rings. The molecule has 0 radical (unpaired) electrons. The van der Waals surface area contributed by atoms with Crippen LogP contribution in [0.15, 0.2) is 30.3 Å². The van der Waals surface area contributed by atoms with Crippen molar-refractivity contribution in [1.29, 1.82) is 0 Å². The van der Waals surface area contributed by atoms with Gasteiger partial charge < -0.3 is 5.32 Å². The summed E-state index contributed by atoms with van der Waals surface area (Å²) in [5, 5.41) is 3.75. The third-order valence-electron chi connectivity index (χ3n) is 4.44. The van der Waals surface area contributed by atoms with Crippen LogP contribution in [0.4, 0.5) is 0 Å². The molecule has 2 aliphatic carbocycles. The third-order valence-corrected chi connectivity index (χ3v) is 4.44. The Morgan fingerprint density at radius 1 is 0.941 bits per heavy atom. The Morgan fingerprint density at radius 3 is 2.53 bits per heavy atom. The summed E-state index contributed by atoms with van der Waals surface area (Å²) >= 11 is 0. The Hall–Kier alpha value is -0.820. The minimum Gasteiger partial charge on any atom is -0.310 e. The first kappa shape index (κ1) is 11.3. The molecule has 0 amide bonds. The molecule has 0 heterocycles. The van der Waals surface area contributed by atoms with Gasteiger partial charge in [-0.05, 0) is 43.1 Å². The molecule has 0 bridgehead atoms. The lowest BCUT2D eigenvalue weighted by Crippen LogP contribution is -2.34. The van der Waals surface area contributed by atoms with Crippen LogP contribution in [0.1, 0.15) is 44.1 Å². The van der Waals surface area contributed by atoms with E-state index in [0.29, 0.717) is 0 Å². The van der Waals surface area contributed by atoms with Crippen LogP contribution in [0.3, 0.4) is 0 Å². The van der Waals surface area contributed by atoms with Gasteiger partial charge in [0.2, 0.25) is 0 Å². The van der Waals surface area contributed by atoms with Crippen molar-refractivity contribution in [2.45, 2.75) is 51.1 Å². The third kappa shape index (κ3) is 3.10. The highest BCUT2D eigenvalue weighted by atomic mass is 14.9. The molecular weight excluding hydrogens is 206 g/mol. The molecule has 1 heteroatoms. The van der Waals surface area contributed by atoms with Crippen molar-refractivity contribution < 1.29 is 0 Å². The highest BCUT2D eigenvalue weighted by Crippen LogP contribution is 2.43. The van der Waals surface area contributed by atoms with Crippen LogP contribution in [0.2, 0.25) is 0 Å². The maximum absolute atomic E-state index is 3.75. The van der Waals surface area contributed by atoms with Gasteiger partial charge in [0, 0.05) is 12.6 Å². The Bertz CT molecular complexity index is 342. The molecule has 2 atom stereocenters. The normalized spacial score (nSPS) is 29.2. The highest BCUT2D eigenvalue weighted by molar-refractivity contribution is 5.14. The zero-order chi connectivity index (χ0) is 11.5. The minimum atomic E-state index is 0.773. The van der Waals surface area contributed by atoms with E-state index in [-0.39, 0.29) is 0 Å². The second-order valence-electron chi connectivity index (χ2n) is 5.83. The zero-order valence-electron chi connectivity index (χ0n) is 10.6. The van der Waals surface area contributed by atoms with Crippen molar-refractivity contribution in [1.82, 2.24) is 5.32 Å². The van der Waals surface area contributed by atoms with E-state index in [1.807, 2.05) is 0 Å². The van der Waals surface area contributed by atoms with E-state index in [0.717, 1.165) is 24.4 Å². The fourth-order valence-electron chi connectivity index (χ4n) is 3.27. The van der Waals surface area contributed by atoms with Gasteiger partial charge in [-0.3, -0.25) is 0 Å². The Morgan fingerprint density at radius 2 is 1.76 bits per heavy atom. The topological polar surface area (TPSA) is 12.0 Å². The monoisotopic (exact) mass is 229 g/mol. The zero-order valence-corrected chi connectivity index (χ0v) is 10.6. The molecule has 2 unspecified atom stereocenters. The van der Waals surface area contributed by atoms with E-state index < -0.39 is 0 Å². The van der Waals surface area contributed by atoms with Gasteiger partial charge in [-0.1, -0.05) is 43.2 Å². The molecule has 0 spiro atoms. The molecule has 1 aromatic carbocycles. The van der Waals surface area contributed by atoms with Crippen molar-refractivity contribution in [2.75, 3.05) is 0 Å². The molecule has 2 fully saturated rings. The lowest BCUT2D eigenvalue weighted by molar-refractivity contribution is 0.260. The van der Waals surface area contributed by atoms with Crippen LogP contribution in [0, 0.1) is 11.8 Å². The van der Waals surface area contributed by atoms with E-state index in [4.69, 9.17) is 0 Å². The molecule has 0 aromatic heterocycles. The summed E-state index contributed by atoms with van der Waals surface area (Å²) in [6, 6.07) is 11.6. The van der Waals surface area contributed by atoms with Gasteiger partial charge in [-0.25, -0.2) is 0 Å². The summed E-state index contributed by atoms with van der Waals surface area (Å²) in [6.07, 6.45) is 8.77. The first-order valence-electron chi connectivity index (χ1n) is 7.19. The van der Waals surface area contributed by atoms with Crippen molar-refractivity contribution in [3.8, 4) is 0 Å². The molecule has 1 nitrogen and oxygen atoms in total. The van der Waals surface area contributed by atoms with Gasteiger partial charge in [0.1, 0.15) is 0 Å². The maximum atomic E-state index is 3.75. The second kappa shape index (κ2) is 5.22. The molecule has 2 saturated carbocycles. The summed E-state index contributed by atoms with van der Waals surface area (Å²) in [7, 11) is 0. The van der Waals surface area contributed by atoms with Crippen LogP contribution in [-0.4, -0.2) is 6.04 Å². The predicted molar refractivity (Wildman–Crippen MR) is 71.8 cm³/mol. The first-order valence-corrected chi connectivity index (χ1v) is 7.19. The molecule has 3 rings (SSSR count). The van der Waals surface area contributed by atoms with Crippen LogP contribution < -0.4 is 5.32 Å². The summed E-state index contributed by atoms with van der Waals surface area (Å²) < 4.78 is 0. The van der Waals surface area contributed by atoms with Crippen LogP contribution >= 0.6 is 0 Å². The van der Waals surface area contributed by atoms with Gasteiger partial charge in [0.15, 0.2) is 0 Å². The first-order chi connectivity index (χ1) is 8.42. The van der Waals surface area contributed by atoms with Gasteiger partial charge in [0.05, 0.1) is 0 Å². The summed E-state index contributed by atoms with van der Waals surface area (Å²) in [4.78, 5) is 0. The Balaban J connectivity index is 1.48. The van der Waals surface area contributed by atoms with E-state index in [1.54, 1.807) is 0 Å². The Labute approximate surface area is 105 Å². The lowest BCUT2D eigenvalue weighted by atomic mass is 9.82. The molecule has 1 N–H and O–H groups in total. The molecule has 0 aliphatic heterocycles. The van der Waals surface area contributed by atoms with Crippen molar-refractivity contribution >= 4 is 0 Å². The van der Waals surface area contributed by atoms with E-state index in [1.165, 1.54) is 44.1 Å². The maximum Gasteiger partial charge on any atom is 0.0208 e. The van der Waals surface area contributed by atoms with Gasteiger partial charge in [-0.2, -0.15) is 0 Å². The summed E-state index contributed by atoms with van der Waals surface area (Å²) in [6.45, 7) is 1.04. The van der Waals surface area contributed by atoms with Crippen LogP contribution in [-0.2, 0) is 6.54 Å². The molecule has 92 valence electrons. The highest BCUT2D eigenvalue weighted by Gasteiger charge is 2.34. The van der Waals surface area contributed by atoms with E-state index in [2.05, 4.69) is 35.6 Å². The molecule has 0 saturated heterocycles. The minimum absolute atomic E-state index is 0.773.